The Bertz CT molecular complexity index is 740. The molecule has 0 fully saturated rings. The summed E-state index contributed by atoms with van der Waals surface area (Å²) in [5.41, 5.74) is 2.73. The lowest BCUT2D eigenvalue weighted by molar-refractivity contribution is -0.125. The summed E-state index contributed by atoms with van der Waals surface area (Å²) in [4.78, 5) is 27.9. The molecule has 0 spiro atoms. The van der Waals surface area contributed by atoms with Gasteiger partial charge in [-0.25, -0.2) is 4.68 Å². The van der Waals surface area contributed by atoms with Gasteiger partial charge in [0.25, 0.3) is 5.56 Å². The lowest BCUT2D eigenvalue weighted by Crippen LogP contribution is -2.35. The SMILES string of the molecule is Cn1nc2c(cc1=O)C[C@H](C(=O)NCc1ccncc1)CC2. The molecule has 2 heterocycles. The fraction of sp³-hybridized carbons (Fsp3) is 0.375. The molecular formula is C16H18N4O2. The molecule has 1 N–H and O–H groups in total. The van der Waals surface area contributed by atoms with Crippen LogP contribution in [0.25, 0.3) is 0 Å². The number of carbonyl (C=O) groups excluding carboxylic acids is 1. The summed E-state index contributed by atoms with van der Waals surface area (Å²) in [6, 6.07) is 5.36. The van der Waals surface area contributed by atoms with Crippen LogP contribution >= 0.6 is 0 Å². The van der Waals surface area contributed by atoms with Gasteiger partial charge in [0.1, 0.15) is 0 Å². The number of hydrogen-bond acceptors (Lipinski definition) is 4. The van der Waals surface area contributed by atoms with Crippen LogP contribution in [0.3, 0.4) is 0 Å². The number of hydrogen-bond donors (Lipinski definition) is 1. The summed E-state index contributed by atoms with van der Waals surface area (Å²) in [6.07, 6.45) is 5.50. The Morgan fingerprint density at radius 1 is 1.41 bits per heavy atom. The molecule has 1 amide bonds. The van der Waals surface area contributed by atoms with E-state index in [1.807, 2.05) is 12.1 Å². The van der Waals surface area contributed by atoms with Crippen LogP contribution < -0.4 is 10.9 Å². The van der Waals surface area contributed by atoms with Gasteiger partial charge in [-0.3, -0.25) is 14.6 Å². The highest BCUT2D eigenvalue weighted by Crippen LogP contribution is 2.23. The minimum atomic E-state index is -0.128. The van der Waals surface area contributed by atoms with E-state index in [0.717, 1.165) is 29.7 Å². The van der Waals surface area contributed by atoms with Crippen molar-refractivity contribution in [3.8, 4) is 0 Å². The number of carbonyl (C=O) groups is 1. The molecule has 2 aromatic rings. The Balaban J connectivity index is 1.65. The van der Waals surface area contributed by atoms with E-state index in [2.05, 4.69) is 15.4 Å². The molecule has 0 radical (unpaired) electrons. The molecule has 0 unspecified atom stereocenters. The van der Waals surface area contributed by atoms with Crippen molar-refractivity contribution in [3.05, 3.63) is 57.8 Å². The Labute approximate surface area is 128 Å². The maximum atomic E-state index is 12.3. The third-order valence-electron chi connectivity index (χ3n) is 4.04. The van der Waals surface area contributed by atoms with Crippen molar-refractivity contribution in [1.82, 2.24) is 20.1 Å². The van der Waals surface area contributed by atoms with Crippen molar-refractivity contribution >= 4 is 5.91 Å². The predicted molar refractivity (Wildman–Crippen MR) is 81.1 cm³/mol. The molecule has 0 aliphatic heterocycles. The molecule has 0 bridgehead atoms. The van der Waals surface area contributed by atoms with E-state index in [1.54, 1.807) is 25.5 Å². The van der Waals surface area contributed by atoms with Crippen LogP contribution in [0.1, 0.15) is 23.2 Å². The van der Waals surface area contributed by atoms with Crippen molar-refractivity contribution in [2.45, 2.75) is 25.8 Å². The van der Waals surface area contributed by atoms with Crippen LogP contribution in [0.4, 0.5) is 0 Å². The average Bonchev–Trinajstić information content (AvgIpc) is 2.54. The number of nitrogens with zero attached hydrogens (tertiary/aromatic N) is 3. The Kier molecular flexibility index (Phi) is 4.00. The average molecular weight is 298 g/mol. The van der Waals surface area contributed by atoms with Crippen LogP contribution in [0.2, 0.25) is 0 Å². The Hall–Kier alpha value is -2.50. The number of fused-ring (bicyclic) bond motifs is 1. The summed E-state index contributed by atoms with van der Waals surface area (Å²) in [5, 5.41) is 7.22. The van der Waals surface area contributed by atoms with Gasteiger partial charge >= 0.3 is 0 Å². The van der Waals surface area contributed by atoms with Gasteiger partial charge in [-0.1, -0.05) is 0 Å². The quantitative estimate of drug-likeness (QED) is 0.900. The molecule has 22 heavy (non-hydrogen) atoms. The number of amides is 1. The molecule has 1 atom stereocenters. The van der Waals surface area contributed by atoms with E-state index in [-0.39, 0.29) is 17.4 Å². The maximum absolute atomic E-state index is 12.3. The van der Waals surface area contributed by atoms with Gasteiger partial charge in [0, 0.05) is 38.0 Å². The molecular weight excluding hydrogens is 280 g/mol. The van der Waals surface area contributed by atoms with E-state index < -0.39 is 0 Å². The molecule has 1 aliphatic carbocycles. The van der Waals surface area contributed by atoms with Crippen molar-refractivity contribution in [3.63, 3.8) is 0 Å². The minimum absolute atomic E-state index is 0.0307. The predicted octanol–water partition coefficient (Wildman–Crippen LogP) is 0.597. The van der Waals surface area contributed by atoms with Crippen LogP contribution in [0, 0.1) is 5.92 Å². The monoisotopic (exact) mass is 298 g/mol. The van der Waals surface area contributed by atoms with E-state index in [4.69, 9.17) is 0 Å². The fourth-order valence-electron chi connectivity index (χ4n) is 2.74. The highest BCUT2D eigenvalue weighted by atomic mass is 16.2. The lowest BCUT2D eigenvalue weighted by atomic mass is 9.86. The molecule has 0 saturated carbocycles. The highest BCUT2D eigenvalue weighted by Gasteiger charge is 2.26. The van der Waals surface area contributed by atoms with Crippen molar-refractivity contribution in [2.75, 3.05) is 0 Å². The van der Waals surface area contributed by atoms with E-state index >= 15 is 0 Å². The van der Waals surface area contributed by atoms with Crippen LogP contribution in [-0.4, -0.2) is 20.7 Å². The summed E-state index contributed by atoms with van der Waals surface area (Å²) < 4.78 is 1.35. The zero-order valence-corrected chi connectivity index (χ0v) is 12.5. The number of aromatic nitrogens is 3. The molecule has 1 aliphatic rings. The van der Waals surface area contributed by atoms with Crippen molar-refractivity contribution < 1.29 is 4.79 Å². The zero-order chi connectivity index (χ0) is 15.5. The summed E-state index contributed by atoms with van der Waals surface area (Å²) in [7, 11) is 1.65. The Morgan fingerprint density at radius 2 is 2.18 bits per heavy atom. The number of pyridine rings is 1. The third-order valence-corrected chi connectivity index (χ3v) is 4.04. The summed E-state index contributed by atoms with van der Waals surface area (Å²) in [6.45, 7) is 0.500. The maximum Gasteiger partial charge on any atom is 0.266 e. The van der Waals surface area contributed by atoms with Crippen molar-refractivity contribution in [1.29, 1.82) is 0 Å². The topological polar surface area (TPSA) is 76.9 Å². The molecule has 6 heteroatoms. The molecule has 6 nitrogen and oxygen atoms in total. The van der Waals surface area contributed by atoms with Crippen LogP contribution in [0.5, 0.6) is 0 Å². The van der Waals surface area contributed by atoms with Gasteiger partial charge in [0.15, 0.2) is 0 Å². The third kappa shape index (κ3) is 3.05. The first-order valence-electron chi connectivity index (χ1n) is 7.36. The molecule has 0 saturated heterocycles. The van der Waals surface area contributed by atoms with Crippen LogP contribution in [-0.2, 0) is 31.2 Å². The normalized spacial score (nSPS) is 16.9. The first-order valence-corrected chi connectivity index (χ1v) is 7.36. The second-order valence-electron chi connectivity index (χ2n) is 5.59. The number of rotatable bonds is 3. The zero-order valence-electron chi connectivity index (χ0n) is 12.5. The second-order valence-corrected chi connectivity index (χ2v) is 5.59. The smallest absolute Gasteiger partial charge is 0.266 e. The van der Waals surface area contributed by atoms with E-state index in [9.17, 15) is 9.59 Å². The second kappa shape index (κ2) is 6.09. The Morgan fingerprint density at radius 3 is 2.95 bits per heavy atom. The first kappa shape index (κ1) is 14.4. The van der Waals surface area contributed by atoms with Gasteiger partial charge in [0.2, 0.25) is 5.91 Å². The van der Waals surface area contributed by atoms with Gasteiger partial charge in [-0.15, -0.1) is 0 Å². The summed E-state index contributed by atoms with van der Waals surface area (Å²) >= 11 is 0. The lowest BCUT2D eigenvalue weighted by Gasteiger charge is -2.23. The first-order chi connectivity index (χ1) is 10.6. The molecule has 0 aromatic carbocycles. The molecule has 2 aromatic heterocycles. The standard InChI is InChI=1S/C16H18N4O2/c1-20-15(21)9-13-8-12(2-3-14(13)19-20)16(22)18-10-11-4-6-17-7-5-11/h4-7,9,12H,2-3,8,10H2,1H3,(H,18,22)/t12-/m1/s1. The van der Waals surface area contributed by atoms with E-state index in [0.29, 0.717) is 13.0 Å². The molecule has 114 valence electrons. The van der Waals surface area contributed by atoms with Crippen LogP contribution in [0.15, 0.2) is 35.4 Å². The highest BCUT2D eigenvalue weighted by molar-refractivity contribution is 5.79. The van der Waals surface area contributed by atoms with Crippen molar-refractivity contribution in [2.24, 2.45) is 13.0 Å². The molecule has 3 rings (SSSR count). The van der Waals surface area contributed by atoms with Gasteiger partial charge in [-0.2, -0.15) is 5.10 Å². The van der Waals surface area contributed by atoms with E-state index in [1.165, 1.54) is 4.68 Å². The van der Waals surface area contributed by atoms with Gasteiger partial charge in [-0.05, 0) is 42.5 Å². The fourth-order valence-corrected chi connectivity index (χ4v) is 2.74. The number of aryl methyl sites for hydroxylation is 2. The number of nitrogens with one attached hydrogen (secondary N) is 1. The van der Waals surface area contributed by atoms with Gasteiger partial charge in [0.05, 0.1) is 5.69 Å². The van der Waals surface area contributed by atoms with Gasteiger partial charge < -0.3 is 5.32 Å². The summed E-state index contributed by atoms with van der Waals surface area (Å²) in [5.74, 6) is -0.0635. The minimum Gasteiger partial charge on any atom is -0.352 e. The largest absolute Gasteiger partial charge is 0.352 e.